The number of carbonyl (C=O) groups is 2. The van der Waals surface area contributed by atoms with E-state index in [4.69, 9.17) is 0 Å². The van der Waals surface area contributed by atoms with Gasteiger partial charge in [-0.05, 0) is 54.0 Å². The molecular formula is C15H26N2O2. The number of amides is 2. The molecule has 0 saturated heterocycles. The Bertz CT molecular complexity index is 387. The molecule has 0 saturated carbocycles. The van der Waals surface area contributed by atoms with E-state index in [0.717, 1.165) is 0 Å². The summed E-state index contributed by atoms with van der Waals surface area (Å²) in [5, 5.41) is 5.69. The van der Waals surface area contributed by atoms with E-state index in [1.165, 1.54) is 6.08 Å². The molecule has 0 rings (SSSR count). The highest BCUT2D eigenvalue weighted by molar-refractivity contribution is 5.92. The van der Waals surface area contributed by atoms with Crippen LogP contribution in [0.4, 0.5) is 0 Å². The van der Waals surface area contributed by atoms with Crippen LogP contribution in [0.2, 0.25) is 0 Å². The highest BCUT2D eigenvalue weighted by Gasteiger charge is 2.19. The zero-order valence-corrected chi connectivity index (χ0v) is 12.9. The van der Waals surface area contributed by atoms with Gasteiger partial charge in [0.1, 0.15) is 0 Å². The molecule has 0 unspecified atom stereocenters. The van der Waals surface area contributed by atoms with E-state index in [2.05, 4.69) is 17.2 Å². The summed E-state index contributed by atoms with van der Waals surface area (Å²) in [6, 6.07) is 0. The number of nitrogens with one attached hydrogen (secondary N) is 2. The summed E-state index contributed by atoms with van der Waals surface area (Å²) in [5.41, 5.74) is -0.179. The van der Waals surface area contributed by atoms with Crippen molar-refractivity contribution in [2.45, 2.75) is 59.0 Å². The Morgan fingerprint density at radius 3 is 2.05 bits per heavy atom. The molecule has 2 N–H and O–H groups in total. The average molecular weight is 266 g/mol. The number of rotatable bonds is 5. The third-order valence-corrected chi connectivity index (χ3v) is 2.24. The number of hydrogen-bond donors (Lipinski definition) is 2. The monoisotopic (exact) mass is 266 g/mol. The van der Waals surface area contributed by atoms with Crippen molar-refractivity contribution >= 4 is 11.8 Å². The molecule has 2 amide bonds. The van der Waals surface area contributed by atoms with Gasteiger partial charge < -0.3 is 10.6 Å². The van der Waals surface area contributed by atoms with Gasteiger partial charge in [-0.3, -0.25) is 9.59 Å². The predicted octanol–water partition coefficient (Wildman–Crippen LogP) is 2.32. The minimum Gasteiger partial charge on any atom is -0.348 e. The van der Waals surface area contributed by atoms with Crippen LogP contribution < -0.4 is 10.6 Å². The summed E-state index contributed by atoms with van der Waals surface area (Å²) in [5.74, 6) is -0.299. The largest absolute Gasteiger partial charge is 0.348 e. The van der Waals surface area contributed by atoms with Crippen molar-refractivity contribution in [3.05, 3.63) is 24.3 Å². The third kappa shape index (κ3) is 9.05. The van der Waals surface area contributed by atoms with Crippen molar-refractivity contribution in [2.75, 3.05) is 0 Å². The van der Waals surface area contributed by atoms with Crippen LogP contribution in [0.3, 0.4) is 0 Å². The summed E-state index contributed by atoms with van der Waals surface area (Å²) in [7, 11) is 0. The van der Waals surface area contributed by atoms with Crippen molar-refractivity contribution < 1.29 is 9.59 Å². The van der Waals surface area contributed by atoms with Crippen LogP contribution in [0.1, 0.15) is 48.0 Å². The lowest BCUT2D eigenvalue weighted by Crippen LogP contribution is -2.43. The van der Waals surface area contributed by atoms with Crippen LogP contribution >= 0.6 is 0 Å². The van der Waals surface area contributed by atoms with Gasteiger partial charge in [-0.1, -0.05) is 12.7 Å². The molecule has 0 fully saturated rings. The standard InChI is InChI=1S/C15H26N2O2/c1-11(2)13(19)17-15(6,7)10-8-9-12(18)16-14(3,4)5/h8-9H,1,10H2,2-7H3,(H,16,18)(H,17,19)/b9-8-. The van der Waals surface area contributed by atoms with Gasteiger partial charge in [0.2, 0.25) is 11.8 Å². The highest BCUT2D eigenvalue weighted by atomic mass is 16.2. The van der Waals surface area contributed by atoms with Crippen LogP contribution in [0.15, 0.2) is 24.3 Å². The first-order valence-corrected chi connectivity index (χ1v) is 6.40. The van der Waals surface area contributed by atoms with Crippen molar-refractivity contribution in [1.82, 2.24) is 10.6 Å². The van der Waals surface area contributed by atoms with Crippen LogP contribution in [0.5, 0.6) is 0 Å². The van der Waals surface area contributed by atoms with Crippen molar-refractivity contribution in [1.29, 1.82) is 0 Å². The summed E-state index contributed by atoms with van der Waals surface area (Å²) in [6.07, 6.45) is 3.84. The van der Waals surface area contributed by atoms with E-state index in [1.54, 1.807) is 13.0 Å². The molecule has 4 nitrogen and oxygen atoms in total. The zero-order chi connectivity index (χ0) is 15.3. The lowest BCUT2D eigenvalue weighted by atomic mass is 9.99. The van der Waals surface area contributed by atoms with Gasteiger partial charge in [-0.15, -0.1) is 0 Å². The van der Waals surface area contributed by atoms with Gasteiger partial charge in [0.25, 0.3) is 0 Å². The van der Waals surface area contributed by atoms with Gasteiger partial charge in [-0.2, -0.15) is 0 Å². The molecule has 0 aliphatic heterocycles. The molecule has 4 heteroatoms. The fourth-order valence-corrected chi connectivity index (χ4v) is 1.34. The molecule has 0 radical (unpaired) electrons. The molecule has 0 aliphatic carbocycles. The second kappa shape index (κ2) is 6.55. The van der Waals surface area contributed by atoms with Crippen LogP contribution in [0.25, 0.3) is 0 Å². The molecular weight excluding hydrogens is 240 g/mol. The molecule has 0 aliphatic rings. The van der Waals surface area contributed by atoms with E-state index in [-0.39, 0.29) is 17.4 Å². The van der Waals surface area contributed by atoms with E-state index >= 15 is 0 Å². The summed E-state index contributed by atoms with van der Waals surface area (Å²) >= 11 is 0. The van der Waals surface area contributed by atoms with Gasteiger partial charge >= 0.3 is 0 Å². The second-order valence-electron chi connectivity index (χ2n) is 6.46. The first-order chi connectivity index (χ1) is 8.43. The maximum Gasteiger partial charge on any atom is 0.246 e. The second-order valence-corrected chi connectivity index (χ2v) is 6.46. The topological polar surface area (TPSA) is 58.2 Å². The summed E-state index contributed by atoms with van der Waals surface area (Å²) in [4.78, 5) is 23.1. The van der Waals surface area contributed by atoms with Crippen LogP contribution in [0, 0.1) is 0 Å². The molecule has 0 spiro atoms. The van der Waals surface area contributed by atoms with E-state index < -0.39 is 5.54 Å². The van der Waals surface area contributed by atoms with Crippen LogP contribution in [-0.2, 0) is 9.59 Å². The first-order valence-electron chi connectivity index (χ1n) is 6.40. The Hall–Kier alpha value is -1.58. The Kier molecular flexibility index (Phi) is 6.00. The summed E-state index contributed by atoms with van der Waals surface area (Å²) in [6.45, 7) is 14.8. The Labute approximate surface area is 116 Å². The van der Waals surface area contributed by atoms with Gasteiger partial charge in [0.05, 0.1) is 0 Å². The molecule has 108 valence electrons. The Morgan fingerprint density at radius 2 is 1.63 bits per heavy atom. The molecule has 0 aromatic heterocycles. The van der Waals surface area contributed by atoms with E-state index in [9.17, 15) is 9.59 Å². The number of carbonyl (C=O) groups excluding carboxylic acids is 2. The minimum absolute atomic E-state index is 0.130. The van der Waals surface area contributed by atoms with Crippen molar-refractivity contribution in [3.8, 4) is 0 Å². The number of hydrogen-bond acceptors (Lipinski definition) is 2. The smallest absolute Gasteiger partial charge is 0.246 e. The fraction of sp³-hybridized carbons (Fsp3) is 0.600. The van der Waals surface area contributed by atoms with E-state index in [0.29, 0.717) is 12.0 Å². The molecule has 0 aromatic carbocycles. The van der Waals surface area contributed by atoms with E-state index in [1.807, 2.05) is 34.6 Å². The Morgan fingerprint density at radius 1 is 1.11 bits per heavy atom. The van der Waals surface area contributed by atoms with Crippen molar-refractivity contribution in [2.24, 2.45) is 0 Å². The predicted molar refractivity (Wildman–Crippen MR) is 78.7 cm³/mol. The Balaban J connectivity index is 4.34. The van der Waals surface area contributed by atoms with Gasteiger partial charge in [-0.25, -0.2) is 0 Å². The maximum absolute atomic E-state index is 11.6. The normalized spacial score (nSPS) is 12.3. The molecule has 0 aromatic rings. The van der Waals surface area contributed by atoms with Gasteiger partial charge in [0, 0.05) is 16.7 Å². The minimum atomic E-state index is -0.408. The lowest BCUT2D eigenvalue weighted by Gasteiger charge is -2.25. The average Bonchev–Trinajstić information content (AvgIpc) is 2.12. The molecule has 0 bridgehead atoms. The molecule has 0 heterocycles. The fourth-order valence-electron chi connectivity index (χ4n) is 1.34. The SMILES string of the molecule is C=C(C)C(=O)NC(C)(C)C/C=C\C(=O)NC(C)(C)C. The highest BCUT2D eigenvalue weighted by Crippen LogP contribution is 2.10. The van der Waals surface area contributed by atoms with Crippen molar-refractivity contribution in [3.63, 3.8) is 0 Å². The first kappa shape index (κ1) is 17.4. The third-order valence-electron chi connectivity index (χ3n) is 2.24. The summed E-state index contributed by atoms with van der Waals surface area (Å²) < 4.78 is 0. The quantitative estimate of drug-likeness (QED) is 0.750. The molecule has 0 atom stereocenters. The van der Waals surface area contributed by atoms with Gasteiger partial charge in [0.15, 0.2) is 0 Å². The lowest BCUT2D eigenvalue weighted by molar-refractivity contribution is -0.119. The zero-order valence-electron chi connectivity index (χ0n) is 12.9. The molecule has 19 heavy (non-hydrogen) atoms. The van der Waals surface area contributed by atoms with Crippen LogP contribution in [-0.4, -0.2) is 22.9 Å². The maximum atomic E-state index is 11.6.